The Morgan fingerprint density at radius 3 is 2.90 bits per heavy atom. The van der Waals surface area contributed by atoms with Gasteiger partial charge in [-0.05, 0) is 24.5 Å². The molecule has 7 heteroatoms. The first-order valence-corrected chi connectivity index (χ1v) is 6.39. The van der Waals surface area contributed by atoms with Crippen LogP contribution in [0.2, 0.25) is 0 Å². The zero-order valence-corrected chi connectivity index (χ0v) is 11.4. The first kappa shape index (κ1) is 14.3. The van der Waals surface area contributed by atoms with Crippen molar-refractivity contribution in [3.8, 4) is 11.7 Å². The van der Waals surface area contributed by atoms with Crippen LogP contribution in [-0.2, 0) is 11.3 Å². The van der Waals surface area contributed by atoms with Gasteiger partial charge >= 0.3 is 5.97 Å². The van der Waals surface area contributed by atoms with Crippen LogP contribution in [0, 0.1) is 5.92 Å². The quantitative estimate of drug-likeness (QED) is 0.798. The molecule has 0 aliphatic heterocycles. The molecule has 20 heavy (non-hydrogen) atoms. The number of hydrogen-bond donors (Lipinski definition) is 2. The normalized spacial score (nSPS) is 12.8. The topological polar surface area (TPSA) is 101 Å². The number of carboxylic acids is 1. The lowest BCUT2D eigenvalue weighted by Gasteiger charge is -2.14. The number of furan rings is 1. The van der Waals surface area contributed by atoms with Crippen molar-refractivity contribution in [2.24, 2.45) is 5.92 Å². The lowest BCUT2D eigenvalue weighted by Crippen LogP contribution is -2.37. The summed E-state index contributed by atoms with van der Waals surface area (Å²) in [6.07, 6.45) is 2.05. The fraction of sp³-hybridized carbons (Fsp3) is 0.462. The summed E-state index contributed by atoms with van der Waals surface area (Å²) in [6.45, 7) is 4.18. The van der Waals surface area contributed by atoms with E-state index in [0.29, 0.717) is 18.0 Å². The maximum atomic E-state index is 11.1. The molecule has 2 rings (SSSR count). The molecule has 2 aromatic rings. The van der Waals surface area contributed by atoms with Gasteiger partial charge in [-0.15, -0.1) is 0 Å². The summed E-state index contributed by atoms with van der Waals surface area (Å²) in [7, 11) is 0. The molecule has 0 fully saturated rings. The third-order valence-corrected chi connectivity index (χ3v) is 2.71. The Bertz CT molecular complexity index is 548. The molecule has 0 saturated carbocycles. The fourth-order valence-corrected chi connectivity index (χ4v) is 1.78. The van der Waals surface area contributed by atoms with E-state index in [9.17, 15) is 4.79 Å². The lowest BCUT2D eigenvalue weighted by molar-refractivity contribution is -0.140. The summed E-state index contributed by atoms with van der Waals surface area (Å²) in [4.78, 5) is 15.2. The smallest absolute Gasteiger partial charge is 0.320 e. The Hall–Kier alpha value is -2.15. The van der Waals surface area contributed by atoms with Crippen molar-refractivity contribution in [3.63, 3.8) is 0 Å². The van der Waals surface area contributed by atoms with Gasteiger partial charge in [0.1, 0.15) is 6.04 Å². The molecular formula is C13H17N3O4. The summed E-state index contributed by atoms with van der Waals surface area (Å²) in [5.41, 5.74) is 0. The molecule has 7 nitrogen and oxygen atoms in total. The number of carboxylic acid groups (broad SMARTS) is 1. The standard InChI is InChI=1S/C13H17N3O4/c1-8(2)6-9(13(17)18)14-7-11-15-12(20-16-11)10-4-3-5-19-10/h3-5,8-9,14H,6-7H2,1-2H3,(H,17,18). The SMILES string of the molecule is CC(C)CC(NCc1noc(-c2ccco2)n1)C(=O)O. The van der Waals surface area contributed by atoms with Crippen molar-refractivity contribution in [3.05, 3.63) is 24.2 Å². The van der Waals surface area contributed by atoms with Gasteiger partial charge in [0.2, 0.25) is 0 Å². The summed E-state index contributed by atoms with van der Waals surface area (Å²) in [6, 6.07) is 2.81. The number of carbonyl (C=O) groups is 1. The molecule has 0 aliphatic rings. The second-order valence-electron chi connectivity index (χ2n) is 4.89. The van der Waals surface area contributed by atoms with Crippen molar-refractivity contribution >= 4 is 5.97 Å². The van der Waals surface area contributed by atoms with Crippen LogP contribution in [0.4, 0.5) is 0 Å². The van der Waals surface area contributed by atoms with Crippen LogP contribution < -0.4 is 5.32 Å². The summed E-state index contributed by atoms with van der Waals surface area (Å²) >= 11 is 0. The molecule has 0 amide bonds. The van der Waals surface area contributed by atoms with E-state index >= 15 is 0 Å². The molecule has 1 atom stereocenters. The highest BCUT2D eigenvalue weighted by molar-refractivity contribution is 5.73. The molecule has 0 aromatic carbocycles. The van der Waals surface area contributed by atoms with E-state index in [1.807, 2.05) is 13.8 Å². The minimum atomic E-state index is -0.881. The van der Waals surface area contributed by atoms with Gasteiger partial charge in [0.15, 0.2) is 11.6 Å². The van der Waals surface area contributed by atoms with E-state index in [-0.39, 0.29) is 18.4 Å². The van der Waals surface area contributed by atoms with E-state index in [4.69, 9.17) is 14.0 Å². The third kappa shape index (κ3) is 3.67. The molecule has 108 valence electrons. The van der Waals surface area contributed by atoms with Gasteiger partial charge in [-0.2, -0.15) is 4.98 Å². The highest BCUT2D eigenvalue weighted by atomic mass is 16.5. The predicted molar refractivity (Wildman–Crippen MR) is 69.7 cm³/mol. The van der Waals surface area contributed by atoms with Gasteiger partial charge < -0.3 is 14.0 Å². The molecule has 0 bridgehead atoms. The van der Waals surface area contributed by atoms with Crippen LogP contribution in [0.3, 0.4) is 0 Å². The van der Waals surface area contributed by atoms with Crippen LogP contribution in [0.15, 0.2) is 27.3 Å². The van der Waals surface area contributed by atoms with Crippen LogP contribution >= 0.6 is 0 Å². The molecule has 0 saturated heterocycles. The van der Waals surface area contributed by atoms with Crippen LogP contribution in [0.1, 0.15) is 26.1 Å². The average Bonchev–Trinajstić information content (AvgIpc) is 3.03. The average molecular weight is 279 g/mol. The van der Waals surface area contributed by atoms with Crippen molar-refractivity contribution in [1.82, 2.24) is 15.5 Å². The van der Waals surface area contributed by atoms with E-state index in [2.05, 4.69) is 15.5 Å². The first-order chi connectivity index (χ1) is 9.56. The Balaban J connectivity index is 1.95. The van der Waals surface area contributed by atoms with Gasteiger partial charge in [0.05, 0.1) is 12.8 Å². The zero-order valence-electron chi connectivity index (χ0n) is 11.4. The number of rotatable bonds is 7. The van der Waals surface area contributed by atoms with E-state index in [1.165, 1.54) is 6.26 Å². The molecular weight excluding hydrogens is 262 g/mol. The number of nitrogens with one attached hydrogen (secondary N) is 1. The van der Waals surface area contributed by atoms with Crippen molar-refractivity contribution < 1.29 is 18.8 Å². The minimum Gasteiger partial charge on any atom is -0.480 e. The number of hydrogen-bond acceptors (Lipinski definition) is 6. The van der Waals surface area contributed by atoms with E-state index < -0.39 is 12.0 Å². The highest BCUT2D eigenvalue weighted by Crippen LogP contribution is 2.17. The second-order valence-corrected chi connectivity index (χ2v) is 4.89. The zero-order chi connectivity index (χ0) is 14.5. The van der Waals surface area contributed by atoms with Gasteiger partial charge in [0.25, 0.3) is 5.89 Å². The summed E-state index contributed by atoms with van der Waals surface area (Å²) in [5.74, 6) is 0.565. The maximum absolute atomic E-state index is 11.1. The number of aromatic nitrogens is 2. The van der Waals surface area contributed by atoms with Gasteiger partial charge in [0, 0.05) is 0 Å². The highest BCUT2D eigenvalue weighted by Gasteiger charge is 2.19. The third-order valence-electron chi connectivity index (χ3n) is 2.71. The second kappa shape index (κ2) is 6.33. The van der Waals surface area contributed by atoms with Gasteiger partial charge in [-0.1, -0.05) is 19.0 Å². The largest absolute Gasteiger partial charge is 0.480 e. The molecule has 2 aromatic heterocycles. The van der Waals surface area contributed by atoms with E-state index in [0.717, 1.165) is 0 Å². The Kier molecular flexibility index (Phi) is 4.52. The van der Waals surface area contributed by atoms with E-state index in [1.54, 1.807) is 12.1 Å². The molecule has 0 radical (unpaired) electrons. The molecule has 2 N–H and O–H groups in total. The number of aliphatic carboxylic acids is 1. The van der Waals surface area contributed by atoms with Crippen molar-refractivity contribution in [1.29, 1.82) is 0 Å². The van der Waals surface area contributed by atoms with Crippen LogP contribution in [0.25, 0.3) is 11.7 Å². The minimum absolute atomic E-state index is 0.230. The Labute approximate surface area is 116 Å². The summed E-state index contributed by atoms with van der Waals surface area (Å²) in [5, 5.41) is 15.8. The van der Waals surface area contributed by atoms with Gasteiger partial charge in [-0.25, -0.2) is 0 Å². The molecule has 2 heterocycles. The summed E-state index contributed by atoms with van der Waals surface area (Å²) < 4.78 is 10.2. The van der Waals surface area contributed by atoms with Crippen LogP contribution in [0.5, 0.6) is 0 Å². The molecule has 0 spiro atoms. The lowest BCUT2D eigenvalue weighted by atomic mass is 10.0. The fourth-order valence-electron chi connectivity index (χ4n) is 1.78. The number of nitrogens with zero attached hydrogens (tertiary/aromatic N) is 2. The molecule has 1 unspecified atom stereocenters. The van der Waals surface area contributed by atoms with Crippen molar-refractivity contribution in [2.45, 2.75) is 32.9 Å². The maximum Gasteiger partial charge on any atom is 0.320 e. The monoisotopic (exact) mass is 279 g/mol. The molecule has 0 aliphatic carbocycles. The Morgan fingerprint density at radius 2 is 2.30 bits per heavy atom. The first-order valence-electron chi connectivity index (χ1n) is 6.39. The van der Waals surface area contributed by atoms with Crippen LogP contribution in [-0.4, -0.2) is 27.3 Å². The van der Waals surface area contributed by atoms with Gasteiger partial charge in [-0.3, -0.25) is 10.1 Å². The van der Waals surface area contributed by atoms with Crippen molar-refractivity contribution in [2.75, 3.05) is 0 Å². The predicted octanol–water partition coefficient (Wildman–Crippen LogP) is 1.92. The Morgan fingerprint density at radius 1 is 1.50 bits per heavy atom.